The lowest BCUT2D eigenvalue weighted by molar-refractivity contribution is 0.574. The Labute approximate surface area is 142 Å². The van der Waals surface area contributed by atoms with Crippen LogP contribution < -0.4 is 11.1 Å². The van der Waals surface area contributed by atoms with Crippen LogP contribution in [0.2, 0.25) is 0 Å². The van der Waals surface area contributed by atoms with E-state index < -0.39 is 0 Å². The Hall–Kier alpha value is -1.82. The summed E-state index contributed by atoms with van der Waals surface area (Å²) in [4.78, 5) is 9.74. The molecule has 0 saturated carbocycles. The molecule has 0 aliphatic carbocycles. The van der Waals surface area contributed by atoms with Crippen LogP contribution in [0.4, 0.5) is 0 Å². The first-order valence-electron chi connectivity index (χ1n) is 8.31. The molecule has 0 aliphatic heterocycles. The van der Waals surface area contributed by atoms with Gasteiger partial charge in [0.2, 0.25) is 5.89 Å². The second-order valence-corrected chi connectivity index (χ2v) is 6.47. The molecule has 0 aliphatic rings. The zero-order valence-corrected chi connectivity index (χ0v) is 14.6. The van der Waals surface area contributed by atoms with E-state index in [-0.39, 0.29) is 0 Å². The van der Waals surface area contributed by atoms with E-state index >= 15 is 0 Å². The van der Waals surface area contributed by atoms with Gasteiger partial charge in [-0.15, -0.1) is 11.3 Å². The molecule has 0 bridgehead atoms. The molecule has 6 heteroatoms. The fraction of sp³-hybridized carbons (Fsp3) is 0.529. The van der Waals surface area contributed by atoms with E-state index in [1.165, 1.54) is 32.1 Å². The monoisotopic (exact) mass is 334 g/mol. The Kier molecular flexibility index (Phi) is 7.66. The minimum absolute atomic E-state index is 0.435. The molecule has 23 heavy (non-hydrogen) atoms. The number of thiophene rings is 1. The smallest absolute Gasteiger partial charge is 0.236 e. The van der Waals surface area contributed by atoms with Crippen molar-refractivity contribution in [3.63, 3.8) is 0 Å². The van der Waals surface area contributed by atoms with Gasteiger partial charge in [0, 0.05) is 6.54 Å². The van der Waals surface area contributed by atoms with E-state index in [1.807, 2.05) is 17.5 Å². The quantitative estimate of drug-likeness (QED) is 0.388. The minimum atomic E-state index is 0.435. The molecular formula is C17H26N4OS. The molecule has 2 heterocycles. The molecule has 2 aromatic rings. The van der Waals surface area contributed by atoms with E-state index in [1.54, 1.807) is 17.6 Å². The van der Waals surface area contributed by atoms with Crippen molar-refractivity contribution in [2.75, 3.05) is 6.54 Å². The summed E-state index contributed by atoms with van der Waals surface area (Å²) >= 11 is 1.61. The molecule has 0 radical (unpaired) electrons. The van der Waals surface area contributed by atoms with Gasteiger partial charge in [0.05, 0.1) is 11.4 Å². The first-order chi connectivity index (χ1) is 11.3. The molecular weight excluding hydrogens is 308 g/mol. The third-order valence-electron chi connectivity index (χ3n) is 3.53. The van der Waals surface area contributed by atoms with Crippen LogP contribution >= 0.6 is 11.3 Å². The Morgan fingerprint density at radius 1 is 1.30 bits per heavy atom. The van der Waals surface area contributed by atoms with Gasteiger partial charge in [-0.3, -0.25) is 0 Å². The molecule has 126 valence electrons. The zero-order chi connectivity index (χ0) is 16.3. The van der Waals surface area contributed by atoms with Crippen molar-refractivity contribution in [1.29, 1.82) is 0 Å². The predicted octanol–water partition coefficient (Wildman–Crippen LogP) is 4.17. The van der Waals surface area contributed by atoms with E-state index in [0.29, 0.717) is 18.4 Å². The Morgan fingerprint density at radius 2 is 2.13 bits per heavy atom. The number of nitrogens with two attached hydrogens (primary N) is 1. The third kappa shape index (κ3) is 6.44. The van der Waals surface area contributed by atoms with Crippen LogP contribution in [-0.2, 0) is 6.54 Å². The zero-order valence-electron chi connectivity index (χ0n) is 13.8. The van der Waals surface area contributed by atoms with Crippen LogP contribution in [0.1, 0.15) is 51.1 Å². The molecule has 2 rings (SSSR count). The number of oxazole rings is 1. The normalized spacial score (nSPS) is 11.8. The van der Waals surface area contributed by atoms with Crippen LogP contribution in [0, 0.1) is 0 Å². The fourth-order valence-corrected chi connectivity index (χ4v) is 2.89. The second-order valence-electron chi connectivity index (χ2n) is 5.52. The highest BCUT2D eigenvalue weighted by atomic mass is 32.1. The third-order valence-corrected chi connectivity index (χ3v) is 4.39. The molecule has 0 fully saturated rings. The maximum Gasteiger partial charge on any atom is 0.236 e. The summed E-state index contributed by atoms with van der Waals surface area (Å²) in [7, 11) is 0. The standard InChI is InChI=1S/C17H26N4OS/c1-2-3-4-5-6-7-10-19-17(18)20-12-14-13-22-16(21-14)15-9-8-11-23-15/h8-9,11,13H,2-7,10,12H2,1H3,(H3,18,19,20). The summed E-state index contributed by atoms with van der Waals surface area (Å²) in [5.74, 6) is 1.11. The van der Waals surface area contributed by atoms with Crippen LogP contribution in [0.15, 0.2) is 33.2 Å². The van der Waals surface area contributed by atoms with Crippen LogP contribution in [0.3, 0.4) is 0 Å². The summed E-state index contributed by atoms with van der Waals surface area (Å²) in [5, 5.41) is 5.15. The SMILES string of the molecule is CCCCCCCCNC(N)=NCc1coc(-c2cccs2)n1. The summed E-state index contributed by atoms with van der Waals surface area (Å²) in [6, 6.07) is 3.96. The van der Waals surface area contributed by atoms with Gasteiger partial charge in [0.1, 0.15) is 12.0 Å². The van der Waals surface area contributed by atoms with Gasteiger partial charge < -0.3 is 15.5 Å². The van der Waals surface area contributed by atoms with E-state index in [0.717, 1.165) is 23.5 Å². The van der Waals surface area contributed by atoms with Crippen molar-refractivity contribution in [1.82, 2.24) is 10.3 Å². The number of unbranched alkanes of at least 4 members (excludes halogenated alkanes) is 5. The topological polar surface area (TPSA) is 76.4 Å². The van der Waals surface area contributed by atoms with Crippen molar-refractivity contribution >= 4 is 17.3 Å². The van der Waals surface area contributed by atoms with E-state index in [2.05, 4.69) is 22.2 Å². The number of aromatic nitrogens is 1. The first-order valence-corrected chi connectivity index (χ1v) is 9.19. The highest BCUT2D eigenvalue weighted by Crippen LogP contribution is 2.23. The molecule has 3 N–H and O–H groups in total. The largest absolute Gasteiger partial charge is 0.443 e. The average molecular weight is 334 g/mol. The van der Waals surface area contributed by atoms with Crippen molar-refractivity contribution < 1.29 is 4.42 Å². The van der Waals surface area contributed by atoms with Crippen molar-refractivity contribution in [3.8, 4) is 10.8 Å². The summed E-state index contributed by atoms with van der Waals surface area (Å²) in [5.41, 5.74) is 6.66. The van der Waals surface area contributed by atoms with Crippen LogP contribution in [0.25, 0.3) is 10.8 Å². The number of aliphatic imine (C=N–C) groups is 1. The summed E-state index contributed by atoms with van der Waals surface area (Å²) in [6.45, 7) is 3.54. The average Bonchev–Trinajstić information content (AvgIpc) is 3.23. The van der Waals surface area contributed by atoms with Gasteiger partial charge in [0.15, 0.2) is 5.96 Å². The maximum absolute atomic E-state index is 5.87. The van der Waals surface area contributed by atoms with Gasteiger partial charge in [-0.1, -0.05) is 45.1 Å². The first kappa shape index (κ1) is 17.5. The Morgan fingerprint density at radius 3 is 2.91 bits per heavy atom. The number of hydrogen-bond acceptors (Lipinski definition) is 4. The molecule has 0 saturated heterocycles. The lowest BCUT2D eigenvalue weighted by Gasteiger charge is -2.05. The fourth-order valence-electron chi connectivity index (χ4n) is 2.24. The minimum Gasteiger partial charge on any atom is -0.443 e. The molecule has 0 unspecified atom stereocenters. The predicted molar refractivity (Wildman–Crippen MR) is 96.5 cm³/mol. The van der Waals surface area contributed by atoms with Crippen molar-refractivity contribution in [2.24, 2.45) is 10.7 Å². The highest BCUT2D eigenvalue weighted by Gasteiger charge is 2.06. The lowest BCUT2D eigenvalue weighted by atomic mass is 10.1. The number of rotatable bonds is 10. The maximum atomic E-state index is 5.87. The lowest BCUT2D eigenvalue weighted by Crippen LogP contribution is -2.32. The number of nitrogens with zero attached hydrogens (tertiary/aromatic N) is 2. The Bertz CT molecular complexity index is 577. The molecule has 0 aromatic carbocycles. The highest BCUT2D eigenvalue weighted by molar-refractivity contribution is 7.13. The molecule has 0 spiro atoms. The van der Waals surface area contributed by atoms with E-state index in [9.17, 15) is 0 Å². The Balaban J connectivity index is 1.65. The van der Waals surface area contributed by atoms with Crippen LogP contribution in [0.5, 0.6) is 0 Å². The number of nitrogens with one attached hydrogen (secondary N) is 1. The number of hydrogen-bond donors (Lipinski definition) is 2. The van der Waals surface area contributed by atoms with Crippen LogP contribution in [-0.4, -0.2) is 17.5 Å². The summed E-state index contributed by atoms with van der Waals surface area (Å²) in [6.07, 6.45) is 9.27. The molecule has 0 atom stereocenters. The molecule has 0 amide bonds. The van der Waals surface area contributed by atoms with E-state index in [4.69, 9.17) is 10.2 Å². The van der Waals surface area contributed by atoms with Crippen molar-refractivity contribution in [3.05, 3.63) is 29.5 Å². The summed E-state index contributed by atoms with van der Waals surface area (Å²) < 4.78 is 5.46. The second kappa shape index (κ2) is 10.0. The molecule has 2 aromatic heterocycles. The van der Waals surface area contributed by atoms with Gasteiger partial charge in [0.25, 0.3) is 0 Å². The van der Waals surface area contributed by atoms with Gasteiger partial charge in [-0.2, -0.15) is 0 Å². The van der Waals surface area contributed by atoms with Gasteiger partial charge in [-0.25, -0.2) is 9.98 Å². The van der Waals surface area contributed by atoms with Gasteiger partial charge >= 0.3 is 0 Å². The molecule has 5 nitrogen and oxygen atoms in total. The van der Waals surface area contributed by atoms with Gasteiger partial charge in [-0.05, 0) is 17.9 Å². The number of guanidine groups is 1. The van der Waals surface area contributed by atoms with Crippen molar-refractivity contribution in [2.45, 2.75) is 52.0 Å².